The summed E-state index contributed by atoms with van der Waals surface area (Å²) < 4.78 is 1.96. The van der Waals surface area contributed by atoms with Crippen molar-refractivity contribution in [2.75, 3.05) is 31.1 Å². The van der Waals surface area contributed by atoms with Gasteiger partial charge in [-0.3, -0.25) is 9.59 Å². The lowest BCUT2D eigenvalue weighted by Gasteiger charge is -2.36. The molecule has 3 heterocycles. The van der Waals surface area contributed by atoms with Gasteiger partial charge in [-0.2, -0.15) is 0 Å². The summed E-state index contributed by atoms with van der Waals surface area (Å²) >= 11 is 6.71. The lowest BCUT2D eigenvalue weighted by atomic mass is 10.0. The number of Topliss-reactive ketones (excluding diaryl/α,β-unsaturated/α-hetero) is 1. The maximum atomic E-state index is 13.0. The van der Waals surface area contributed by atoms with Gasteiger partial charge in [0.15, 0.2) is 5.78 Å². The standard InChI is InChI=1S/C20H21BrN2O2S2/c1-20(2)12-16(24)15-11-17(26-19(15)27-20)18(25)23-8-6-22(7-9-23)14-5-3-4-13(21)10-14/h3-5,10-11H,6-9,12H2,1-2H3. The van der Waals surface area contributed by atoms with Gasteiger partial charge < -0.3 is 9.80 Å². The van der Waals surface area contributed by atoms with Crippen molar-refractivity contribution in [2.45, 2.75) is 29.2 Å². The lowest BCUT2D eigenvalue weighted by Crippen LogP contribution is -2.48. The molecule has 0 unspecified atom stereocenters. The fourth-order valence-corrected chi connectivity index (χ4v) is 6.88. The van der Waals surface area contributed by atoms with Crippen molar-refractivity contribution < 1.29 is 9.59 Å². The van der Waals surface area contributed by atoms with Gasteiger partial charge in [0.05, 0.1) is 9.09 Å². The number of anilines is 1. The van der Waals surface area contributed by atoms with Crippen LogP contribution in [0, 0.1) is 0 Å². The normalized spacial score (nSPS) is 19.1. The van der Waals surface area contributed by atoms with Crippen LogP contribution in [0.3, 0.4) is 0 Å². The third kappa shape index (κ3) is 3.96. The molecule has 0 radical (unpaired) electrons. The van der Waals surface area contributed by atoms with Gasteiger partial charge in [-0.05, 0) is 38.1 Å². The molecule has 0 saturated carbocycles. The number of hydrogen-bond acceptors (Lipinski definition) is 5. The second-order valence-corrected chi connectivity index (χ2v) is 11.5. The van der Waals surface area contributed by atoms with Gasteiger partial charge in [0, 0.05) is 53.1 Å². The summed E-state index contributed by atoms with van der Waals surface area (Å²) in [4.78, 5) is 30.3. The lowest BCUT2D eigenvalue weighted by molar-refractivity contribution is 0.0751. The van der Waals surface area contributed by atoms with E-state index < -0.39 is 0 Å². The van der Waals surface area contributed by atoms with Gasteiger partial charge in [-0.25, -0.2) is 0 Å². The minimum absolute atomic E-state index is 0.0505. The van der Waals surface area contributed by atoms with Crippen LogP contribution in [0.5, 0.6) is 0 Å². The van der Waals surface area contributed by atoms with Crippen molar-refractivity contribution in [1.82, 2.24) is 4.90 Å². The van der Waals surface area contributed by atoms with Crippen LogP contribution in [0.2, 0.25) is 0 Å². The molecule has 1 aromatic heterocycles. The Morgan fingerprint density at radius 2 is 1.89 bits per heavy atom. The topological polar surface area (TPSA) is 40.6 Å². The van der Waals surface area contributed by atoms with E-state index in [1.807, 2.05) is 23.1 Å². The third-order valence-corrected chi connectivity index (χ3v) is 7.92. The van der Waals surface area contributed by atoms with Crippen molar-refractivity contribution >= 4 is 56.4 Å². The van der Waals surface area contributed by atoms with Gasteiger partial charge in [0.1, 0.15) is 0 Å². The van der Waals surface area contributed by atoms with Crippen molar-refractivity contribution in [2.24, 2.45) is 0 Å². The molecule has 0 N–H and O–H groups in total. The highest BCUT2D eigenvalue weighted by molar-refractivity contribution is 9.10. The second kappa shape index (κ2) is 7.26. The molecule has 1 amide bonds. The number of piperazine rings is 1. The summed E-state index contributed by atoms with van der Waals surface area (Å²) in [7, 11) is 0. The van der Waals surface area contributed by atoms with Crippen LogP contribution in [0.25, 0.3) is 0 Å². The molecule has 0 spiro atoms. The Morgan fingerprint density at radius 1 is 1.15 bits per heavy atom. The first-order valence-electron chi connectivity index (χ1n) is 8.98. The molecule has 142 valence electrons. The molecule has 0 bridgehead atoms. The van der Waals surface area contributed by atoms with Crippen LogP contribution in [0.15, 0.2) is 39.0 Å². The van der Waals surface area contributed by atoms with Crippen LogP contribution in [0.4, 0.5) is 5.69 Å². The summed E-state index contributed by atoms with van der Waals surface area (Å²) in [6.07, 6.45) is 0.528. The number of carbonyl (C=O) groups excluding carboxylic acids is 2. The number of halogens is 1. The highest BCUT2D eigenvalue weighted by Crippen LogP contribution is 2.46. The first-order valence-corrected chi connectivity index (χ1v) is 11.4. The van der Waals surface area contributed by atoms with Crippen molar-refractivity contribution in [3.8, 4) is 0 Å². The highest BCUT2D eigenvalue weighted by atomic mass is 79.9. The minimum Gasteiger partial charge on any atom is -0.368 e. The van der Waals surface area contributed by atoms with Crippen LogP contribution >= 0.6 is 39.0 Å². The average Bonchev–Trinajstić information content (AvgIpc) is 3.04. The number of benzene rings is 1. The van der Waals surface area contributed by atoms with E-state index in [1.54, 1.807) is 11.8 Å². The zero-order chi connectivity index (χ0) is 19.2. The number of rotatable bonds is 2. The van der Waals surface area contributed by atoms with Crippen LogP contribution in [-0.2, 0) is 0 Å². The Kier molecular flexibility index (Phi) is 5.12. The van der Waals surface area contributed by atoms with Crippen LogP contribution in [-0.4, -0.2) is 47.5 Å². The summed E-state index contributed by atoms with van der Waals surface area (Å²) in [6.45, 7) is 7.19. The number of ketones is 1. The largest absolute Gasteiger partial charge is 0.368 e. The molecular weight excluding hydrogens is 444 g/mol. The molecule has 2 aliphatic rings. The van der Waals surface area contributed by atoms with Crippen LogP contribution < -0.4 is 4.90 Å². The SMILES string of the molecule is CC1(C)CC(=O)c2cc(C(=O)N3CCN(c4cccc(Br)c4)CC3)sc2S1. The van der Waals surface area contributed by atoms with Gasteiger partial charge >= 0.3 is 0 Å². The summed E-state index contributed by atoms with van der Waals surface area (Å²) in [6, 6.07) is 10.1. The van der Waals surface area contributed by atoms with Gasteiger partial charge in [0.2, 0.25) is 0 Å². The van der Waals surface area contributed by atoms with E-state index in [9.17, 15) is 9.59 Å². The van der Waals surface area contributed by atoms with Crippen LogP contribution in [0.1, 0.15) is 40.3 Å². The fraction of sp³-hybridized carbons (Fsp3) is 0.400. The van der Waals surface area contributed by atoms with Gasteiger partial charge in [-0.15, -0.1) is 23.1 Å². The van der Waals surface area contributed by atoms with E-state index in [2.05, 4.69) is 46.8 Å². The van der Waals surface area contributed by atoms with Gasteiger partial charge in [0.25, 0.3) is 5.91 Å². The number of thiophene rings is 1. The molecule has 1 fully saturated rings. The van der Waals surface area contributed by atoms with E-state index >= 15 is 0 Å². The number of carbonyl (C=O) groups is 2. The number of nitrogens with zero attached hydrogens (tertiary/aromatic N) is 2. The summed E-state index contributed by atoms with van der Waals surface area (Å²) in [5, 5.41) is 0. The molecule has 0 atom stereocenters. The molecule has 1 saturated heterocycles. The van der Waals surface area contributed by atoms with Gasteiger partial charge in [-0.1, -0.05) is 22.0 Å². The predicted octanol–water partition coefficient (Wildman–Crippen LogP) is 4.93. The number of thioether (sulfide) groups is 1. The van der Waals surface area contributed by atoms with E-state index in [0.717, 1.165) is 27.3 Å². The van der Waals surface area contributed by atoms with Crippen molar-refractivity contribution in [3.05, 3.63) is 45.2 Å². The first kappa shape index (κ1) is 19.0. The summed E-state index contributed by atoms with van der Waals surface area (Å²) in [5.74, 6) is 0.207. The molecule has 0 aliphatic carbocycles. The molecule has 2 aromatic rings. The highest BCUT2D eigenvalue weighted by Gasteiger charge is 2.35. The molecule has 4 rings (SSSR count). The minimum atomic E-state index is -0.0924. The van der Waals surface area contributed by atoms with E-state index in [-0.39, 0.29) is 16.4 Å². The molecule has 1 aromatic carbocycles. The fourth-order valence-electron chi connectivity index (χ4n) is 3.52. The zero-order valence-corrected chi connectivity index (χ0v) is 18.5. The molecule has 2 aliphatic heterocycles. The predicted molar refractivity (Wildman–Crippen MR) is 115 cm³/mol. The molecule has 27 heavy (non-hydrogen) atoms. The second-order valence-electron chi connectivity index (χ2n) is 7.53. The summed E-state index contributed by atoms with van der Waals surface area (Å²) in [5.41, 5.74) is 1.91. The zero-order valence-electron chi connectivity index (χ0n) is 15.3. The third-order valence-electron chi connectivity index (χ3n) is 4.90. The van der Waals surface area contributed by atoms with E-state index in [4.69, 9.17) is 0 Å². The molecule has 4 nitrogen and oxygen atoms in total. The Labute approximate surface area is 176 Å². The Hall–Kier alpha value is -1.31. The number of fused-ring (bicyclic) bond motifs is 1. The average molecular weight is 465 g/mol. The monoisotopic (exact) mass is 464 g/mol. The number of hydrogen-bond donors (Lipinski definition) is 0. The van der Waals surface area contributed by atoms with E-state index in [1.165, 1.54) is 17.0 Å². The van der Waals surface area contributed by atoms with Crippen molar-refractivity contribution in [3.63, 3.8) is 0 Å². The maximum absolute atomic E-state index is 13.0. The smallest absolute Gasteiger partial charge is 0.264 e. The Morgan fingerprint density at radius 3 is 2.59 bits per heavy atom. The molecule has 7 heteroatoms. The Balaban J connectivity index is 1.45. The quantitative estimate of drug-likeness (QED) is 0.631. The van der Waals surface area contributed by atoms with Crippen molar-refractivity contribution in [1.29, 1.82) is 0 Å². The Bertz CT molecular complexity index is 901. The maximum Gasteiger partial charge on any atom is 0.264 e. The number of amides is 1. The van der Waals surface area contributed by atoms with E-state index in [0.29, 0.717) is 24.4 Å². The first-order chi connectivity index (χ1) is 12.8. The molecular formula is C20H21BrN2O2S2.